The van der Waals surface area contributed by atoms with Gasteiger partial charge in [-0.2, -0.15) is 4.98 Å². The zero-order chi connectivity index (χ0) is 12.5. The molecule has 18 heavy (non-hydrogen) atoms. The maximum absolute atomic E-state index is 5.89. The summed E-state index contributed by atoms with van der Waals surface area (Å²) in [5.41, 5.74) is 6.30. The second-order valence-electron chi connectivity index (χ2n) is 3.69. The van der Waals surface area contributed by atoms with Crippen LogP contribution < -0.4 is 10.5 Å². The fourth-order valence-electron chi connectivity index (χ4n) is 1.63. The van der Waals surface area contributed by atoms with Crippen LogP contribution >= 0.6 is 11.6 Å². The third-order valence-electron chi connectivity index (χ3n) is 2.37. The van der Waals surface area contributed by atoms with Crippen LogP contribution in [0.2, 0.25) is 5.02 Å². The topological polar surface area (TPSA) is 65.4 Å². The van der Waals surface area contributed by atoms with Crippen LogP contribution in [0.25, 0.3) is 5.65 Å². The first-order valence-electron chi connectivity index (χ1n) is 5.25. The maximum atomic E-state index is 5.89. The lowest BCUT2D eigenvalue weighted by molar-refractivity contribution is 0.466. The normalized spacial score (nSPS) is 10.7. The van der Waals surface area contributed by atoms with Crippen LogP contribution in [0.5, 0.6) is 11.6 Å². The van der Waals surface area contributed by atoms with E-state index in [0.717, 1.165) is 0 Å². The van der Waals surface area contributed by atoms with Crippen molar-refractivity contribution in [3.05, 3.63) is 47.9 Å². The minimum Gasteiger partial charge on any atom is -0.436 e. The van der Waals surface area contributed by atoms with Crippen molar-refractivity contribution in [1.29, 1.82) is 0 Å². The van der Waals surface area contributed by atoms with Gasteiger partial charge in [0.15, 0.2) is 0 Å². The van der Waals surface area contributed by atoms with E-state index in [4.69, 9.17) is 22.1 Å². The van der Waals surface area contributed by atoms with Crippen LogP contribution in [0.4, 0.5) is 5.82 Å². The first-order valence-corrected chi connectivity index (χ1v) is 5.63. The van der Waals surface area contributed by atoms with Gasteiger partial charge in [-0.25, -0.2) is 4.98 Å². The highest BCUT2D eigenvalue weighted by Gasteiger charge is 2.08. The smallest absolute Gasteiger partial charge is 0.265 e. The third-order valence-corrected chi connectivity index (χ3v) is 2.61. The molecule has 0 unspecified atom stereocenters. The number of hydrogen-bond acceptors (Lipinski definition) is 4. The highest BCUT2D eigenvalue weighted by molar-refractivity contribution is 6.30. The number of nitrogen functional groups attached to an aromatic ring is 1. The van der Waals surface area contributed by atoms with Crippen molar-refractivity contribution < 1.29 is 4.74 Å². The summed E-state index contributed by atoms with van der Waals surface area (Å²) in [5.74, 6) is 1.30. The van der Waals surface area contributed by atoms with E-state index in [1.165, 1.54) is 0 Å². The molecule has 3 rings (SSSR count). The highest BCUT2D eigenvalue weighted by Crippen LogP contribution is 2.26. The number of nitrogens with zero attached hydrogens (tertiary/aromatic N) is 3. The number of aromatic nitrogens is 3. The molecule has 0 saturated heterocycles. The van der Waals surface area contributed by atoms with Gasteiger partial charge in [0.05, 0.1) is 6.20 Å². The first kappa shape index (κ1) is 10.9. The molecule has 0 bridgehead atoms. The van der Waals surface area contributed by atoms with Gasteiger partial charge < -0.3 is 10.5 Å². The van der Waals surface area contributed by atoms with E-state index in [0.29, 0.717) is 28.1 Å². The molecule has 0 spiro atoms. The molecule has 0 saturated carbocycles. The van der Waals surface area contributed by atoms with Crippen molar-refractivity contribution in [3.8, 4) is 11.6 Å². The zero-order valence-corrected chi connectivity index (χ0v) is 10.0. The van der Waals surface area contributed by atoms with Gasteiger partial charge in [0.2, 0.25) is 5.65 Å². The summed E-state index contributed by atoms with van der Waals surface area (Å²) in [7, 11) is 0. The summed E-state index contributed by atoms with van der Waals surface area (Å²) in [5, 5.41) is 0.593. The lowest BCUT2D eigenvalue weighted by Crippen LogP contribution is -1.98. The Hall–Kier alpha value is -2.27. The van der Waals surface area contributed by atoms with Crippen molar-refractivity contribution in [3.63, 3.8) is 0 Å². The molecule has 3 aromatic rings. The number of rotatable bonds is 2. The molecular weight excluding hydrogens is 252 g/mol. The molecule has 2 aromatic heterocycles. The van der Waals surface area contributed by atoms with Gasteiger partial charge in [-0.3, -0.25) is 4.40 Å². The van der Waals surface area contributed by atoms with E-state index in [1.54, 1.807) is 47.3 Å². The van der Waals surface area contributed by atoms with Crippen LogP contribution in [-0.4, -0.2) is 14.4 Å². The number of fused-ring (bicyclic) bond motifs is 1. The van der Waals surface area contributed by atoms with Crippen molar-refractivity contribution >= 4 is 23.1 Å². The summed E-state index contributed by atoms with van der Waals surface area (Å²) in [4.78, 5) is 8.29. The van der Waals surface area contributed by atoms with E-state index >= 15 is 0 Å². The third kappa shape index (κ3) is 1.96. The number of ether oxygens (including phenoxy) is 1. The van der Waals surface area contributed by atoms with Crippen LogP contribution in [0.3, 0.4) is 0 Å². The lowest BCUT2D eigenvalue weighted by Gasteiger charge is -2.07. The Kier molecular flexibility index (Phi) is 2.53. The van der Waals surface area contributed by atoms with Gasteiger partial charge in [0.1, 0.15) is 11.6 Å². The zero-order valence-electron chi connectivity index (χ0n) is 9.25. The molecule has 1 aromatic carbocycles. The summed E-state index contributed by atoms with van der Waals surface area (Å²) >= 11 is 5.89. The highest BCUT2D eigenvalue weighted by atomic mass is 35.5. The van der Waals surface area contributed by atoms with E-state index in [-0.39, 0.29) is 0 Å². The molecule has 90 valence electrons. The second kappa shape index (κ2) is 4.19. The number of halogens is 1. The predicted octanol–water partition coefficient (Wildman–Crippen LogP) is 2.76. The largest absolute Gasteiger partial charge is 0.436 e. The Morgan fingerprint density at radius 1 is 1.33 bits per heavy atom. The Balaban J connectivity index is 2.06. The molecule has 5 nitrogen and oxygen atoms in total. The van der Waals surface area contributed by atoms with Gasteiger partial charge in [-0.15, -0.1) is 0 Å². The Bertz CT molecular complexity index is 710. The molecule has 2 heterocycles. The standard InChI is InChI=1S/C12H9ClN4O/c13-8-2-1-3-9(6-8)18-12-11-15-4-5-17(11)7-10(14)16-12/h1-7H,14H2. The Labute approximate surface area is 108 Å². The molecule has 0 aliphatic heterocycles. The fourth-order valence-corrected chi connectivity index (χ4v) is 1.81. The van der Waals surface area contributed by atoms with Gasteiger partial charge in [-0.05, 0) is 18.2 Å². The van der Waals surface area contributed by atoms with Gasteiger partial charge >= 0.3 is 0 Å². The van der Waals surface area contributed by atoms with Crippen LogP contribution in [0, 0.1) is 0 Å². The predicted molar refractivity (Wildman–Crippen MR) is 68.9 cm³/mol. The Morgan fingerprint density at radius 3 is 3.06 bits per heavy atom. The summed E-state index contributed by atoms with van der Waals surface area (Å²) in [6.45, 7) is 0. The number of anilines is 1. The number of imidazole rings is 1. The van der Waals surface area contributed by atoms with E-state index in [2.05, 4.69) is 9.97 Å². The van der Waals surface area contributed by atoms with Gasteiger partial charge in [0.25, 0.3) is 5.88 Å². The molecule has 0 radical (unpaired) electrons. The monoisotopic (exact) mass is 260 g/mol. The number of hydrogen-bond donors (Lipinski definition) is 1. The number of nitrogens with two attached hydrogens (primary N) is 1. The number of benzene rings is 1. The molecule has 0 aliphatic rings. The van der Waals surface area contributed by atoms with Crippen LogP contribution in [0.1, 0.15) is 0 Å². The van der Waals surface area contributed by atoms with Crippen molar-refractivity contribution in [2.45, 2.75) is 0 Å². The maximum Gasteiger partial charge on any atom is 0.265 e. The van der Waals surface area contributed by atoms with Crippen molar-refractivity contribution in [2.75, 3.05) is 5.73 Å². The minimum absolute atomic E-state index is 0.349. The van der Waals surface area contributed by atoms with Gasteiger partial charge in [0, 0.05) is 17.4 Å². The molecule has 0 fully saturated rings. The van der Waals surface area contributed by atoms with E-state index in [1.807, 2.05) is 0 Å². The second-order valence-corrected chi connectivity index (χ2v) is 4.12. The van der Waals surface area contributed by atoms with E-state index < -0.39 is 0 Å². The van der Waals surface area contributed by atoms with Gasteiger partial charge in [-0.1, -0.05) is 17.7 Å². The average Bonchev–Trinajstić information content (AvgIpc) is 2.77. The lowest BCUT2D eigenvalue weighted by atomic mass is 10.3. The minimum atomic E-state index is 0.349. The van der Waals surface area contributed by atoms with Crippen molar-refractivity contribution in [2.24, 2.45) is 0 Å². The van der Waals surface area contributed by atoms with Crippen molar-refractivity contribution in [1.82, 2.24) is 14.4 Å². The summed E-state index contributed by atoms with van der Waals surface area (Å²) < 4.78 is 7.40. The summed E-state index contributed by atoms with van der Waals surface area (Å²) in [6, 6.07) is 7.06. The quantitative estimate of drug-likeness (QED) is 0.769. The molecule has 0 amide bonds. The SMILES string of the molecule is Nc1cn2ccnc2c(Oc2cccc(Cl)c2)n1. The Morgan fingerprint density at radius 2 is 2.22 bits per heavy atom. The first-order chi connectivity index (χ1) is 8.72. The fraction of sp³-hybridized carbons (Fsp3) is 0. The van der Waals surface area contributed by atoms with E-state index in [9.17, 15) is 0 Å². The average molecular weight is 261 g/mol. The molecule has 2 N–H and O–H groups in total. The molecule has 0 atom stereocenters. The molecule has 0 aliphatic carbocycles. The molecular formula is C12H9ClN4O. The van der Waals surface area contributed by atoms with Crippen LogP contribution in [0.15, 0.2) is 42.9 Å². The summed E-state index contributed by atoms with van der Waals surface area (Å²) in [6.07, 6.45) is 5.10. The van der Waals surface area contributed by atoms with Crippen LogP contribution in [-0.2, 0) is 0 Å². The molecule has 6 heteroatoms.